The van der Waals surface area contributed by atoms with E-state index in [2.05, 4.69) is 9.26 Å². The molecule has 0 aromatic carbocycles. The number of urea groups is 1. The topological polar surface area (TPSA) is 55.1 Å². The summed E-state index contributed by atoms with van der Waals surface area (Å²) in [5.41, 5.74) is 4.53. The van der Waals surface area contributed by atoms with Crippen LogP contribution in [0.1, 0.15) is 1.43 Å². The number of nitrogens with two attached hydrogens (primary N) is 1. The summed E-state index contributed by atoms with van der Waals surface area (Å²) in [6, 6.07) is -0.509. The quantitative estimate of drug-likeness (QED) is 0.410. The van der Waals surface area contributed by atoms with Crippen molar-refractivity contribution in [1.82, 2.24) is 3.53 Å². The zero-order chi connectivity index (χ0) is 4.28. The summed E-state index contributed by atoms with van der Waals surface area (Å²) in [7, 11) is 0. The molecule has 0 aliphatic rings. The number of halogens is 1. The molecule has 0 rings (SSSR count). The highest BCUT2D eigenvalue weighted by Crippen LogP contribution is 1.61. The zero-order valence-corrected chi connectivity index (χ0v) is 4.52. The third kappa shape index (κ3) is 4.00. The largest absolute Gasteiger partial charge is 1.00 e. The molecule has 0 bridgehead atoms. The molecule has 3 nitrogen and oxygen atoms in total. The molecule has 0 aromatic rings. The number of nitrogens with one attached hydrogen (secondary N) is 1. The van der Waals surface area contributed by atoms with Gasteiger partial charge in [-0.15, -0.1) is 0 Å². The second kappa shape index (κ2) is 2.25. The Hall–Kier alpha value is 0. The maximum Gasteiger partial charge on any atom is 1.00 e. The van der Waals surface area contributed by atoms with Crippen molar-refractivity contribution in [2.75, 3.05) is 0 Å². The third-order valence-electron chi connectivity index (χ3n) is 0.0931. The Morgan fingerprint density at radius 2 is 2.40 bits per heavy atom. The monoisotopic (exact) mass is 187 g/mol. The summed E-state index contributed by atoms with van der Waals surface area (Å²) in [4.78, 5) is 9.47. The maximum absolute atomic E-state index is 9.47. The Bertz CT molecular complexity index is 48.8. The van der Waals surface area contributed by atoms with Crippen molar-refractivity contribution in [3.8, 4) is 0 Å². The van der Waals surface area contributed by atoms with E-state index in [4.69, 9.17) is 0 Å². The van der Waals surface area contributed by atoms with E-state index in [0.29, 0.717) is 0 Å². The van der Waals surface area contributed by atoms with Crippen molar-refractivity contribution in [3.63, 3.8) is 0 Å². The average Bonchev–Trinajstić information content (AvgIpc) is 1.38. The van der Waals surface area contributed by atoms with E-state index in [9.17, 15) is 4.79 Å². The highest BCUT2D eigenvalue weighted by molar-refractivity contribution is 14.1. The Morgan fingerprint density at radius 3 is 2.40 bits per heavy atom. The fourth-order valence-electron chi connectivity index (χ4n) is 0. The summed E-state index contributed by atoms with van der Waals surface area (Å²) < 4.78 is 2.14. The van der Waals surface area contributed by atoms with Crippen molar-refractivity contribution < 1.29 is 6.22 Å². The minimum Gasteiger partial charge on any atom is -0.351 e. The fourth-order valence-corrected chi connectivity index (χ4v) is 0. The zero-order valence-electron chi connectivity index (χ0n) is 3.36. The van der Waals surface area contributed by atoms with Crippen molar-refractivity contribution in [1.29, 1.82) is 0 Å². The van der Waals surface area contributed by atoms with Gasteiger partial charge in [0.1, 0.15) is 0 Å². The van der Waals surface area contributed by atoms with Crippen LogP contribution in [-0.2, 0) is 0 Å². The molecule has 0 spiro atoms. The molecule has 3 N–H and O–H groups in total. The fraction of sp³-hybridized carbons (Fsp3) is 0. The first-order valence-electron chi connectivity index (χ1n) is 0.932. The molecule has 0 heterocycles. The van der Waals surface area contributed by atoms with Gasteiger partial charge < -0.3 is 5.73 Å². The van der Waals surface area contributed by atoms with E-state index in [1.165, 1.54) is 0 Å². The molecule has 0 aromatic heterocycles. The van der Waals surface area contributed by atoms with E-state index < -0.39 is 6.03 Å². The molecule has 0 aliphatic carbocycles. The van der Waals surface area contributed by atoms with Crippen LogP contribution in [0.3, 0.4) is 0 Å². The van der Waals surface area contributed by atoms with E-state index in [1.54, 1.807) is 22.9 Å². The summed E-state index contributed by atoms with van der Waals surface area (Å²) in [6.07, 6.45) is 0. The van der Waals surface area contributed by atoms with Gasteiger partial charge in [0.25, 0.3) is 0 Å². The number of amides is 2. The summed E-state index contributed by atoms with van der Waals surface area (Å²) >= 11 is 1.65. The van der Waals surface area contributed by atoms with Gasteiger partial charge in [-0.2, -0.15) is 0 Å². The van der Waals surface area contributed by atoms with Crippen LogP contribution in [0.5, 0.6) is 0 Å². The van der Waals surface area contributed by atoms with Crippen LogP contribution in [0.15, 0.2) is 0 Å². The minimum atomic E-state index is -0.509. The first kappa shape index (κ1) is 5.00. The second-order valence-corrected chi connectivity index (χ2v) is 0.998. The van der Waals surface area contributed by atoms with Crippen LogP contribution < -0.4 is 9.26 Å². The standard InChI is InChI=1S/CH3IN2O/c2-4-1(3)5/h(H3,3,4,5)/p+1. The Morgan fingerprint density at radius 1 is 2.20 bits per heavy atom. The second-order valence-electron chi connectivity index (χ2n) is 0.459. The molecule has 0 saturated carbocycles. The smallest absolute Gasteiger partial charge is 0.351 e. The summed E-state index contributed by atoms with van der Waals surface area (Å²) in [5.74, 6) is 0. The number of rotatable bonds is 0. The van der Waals surface area contributed by atoms with Gasteiger partial charge in [0.15, 0.2) is 0 Å². The number of carbonyl (C=O) groups excluding carboxylic acids is 1. The van der Waals surface area contributed by atoms with Crippen LogP contribution in [0, 0.1) is 0 Å². The maximum atomic E-state index is 9.47. The normalized spacial score (nSPS) is 6.60. The molecule has 30 valence electrons. The van der Waals surface area contributed by atoms with E-state index in [1.807, 2.05) is 0 Å². The van der Waals surface area contributed by atoms with E-state index in [-0.39, 0.29) is 1.43 Å². The molecular formula is CH4IN2O+. The lowest BCUT2D eigenvalue weighted by Crippen LogP contribution is -2.19. The van der Waals surface area contributed by atoms with Crippen molar-refractivity contribution in [2.45, 2.75) is 0 Å². The lowest BCUT2D eigenvalue weighted by molar-refractivity contribution is 0.255. The summed E-state index contributed by atoms with van der Waals surface area (Å²) in [5, 5.41) is 0. The third-order valence-corrected chi connectivity index (χ3v) is 0.625. The first-order valence-corrected chi connectivity index (χ1v) is 2.01. The predicted octanol–water partition coefficient (Wildman–Crippen LogP) is 0.117. The van der Waals surface area contributed by atoms with Gasteiger partial charge in [-0.25, -0.2) is 4.79 Å². The van der Waals surface area contributed by atoms with Gasteiger partial charge in [-0.3, -0.25) is 3.53 Å². The van der Waals surface area contributed by atoms with Crippen LogP contribution >= 0.6 is 22.9 Å². The minimum absolute atomic E-state index is 0. The Kier molecular flexibility index (Phi) is 2.25. The highest BCUT2D eigenvalue weighted by atomic mass is 127. The van der Waals surface area contributed by atoms with Crippen molar-refractivity contribution in [2.24, 2.45) is 5.73 Å². The summed E-state index contributed by atoms with van der Waals surface area (Å²) in [6.45, 7) is 0. The number of hydrogen-bond acceptors (Lipinski definition) is 1. The molecule has 0 aliphatic heterocycles. The molecule has 4 heteroatoms. The SMILES string of the molecule is NC(=O)NI.[H+]. The van der Waals surface area contributed by atoms with Gasteiger partial charge in [-0.1, -0.05) is 0 Å². The molecule has 0 atom stereocenters. The predicted molar refractivity (Wildman–Crippen MR) is 27.9 cm³/mol. The molecule has 5 heavy (non-hydrogen) atoms. The lowest BCUT2D eigenvalue weighted by atomic mass is 11.2. The van der Waals surface area contributed by atoms with Gasteiger partial charge in [0.2, 0.25) is 0 Å². The Labute approximate surface area is 44.9 Å². The van der Waals surface area contributed by atoms with Crippen LogP contribution in [0.2, 0.25) is 0 Å². The molecule has 2 amide bonds. The molecular weight excluding hydrogens is 183 g/mol. The molecule has 0 fully saturated rings. The molecule has 0 saturated heterocycles. The Balaban J connectivity index is 0. The highest BCUT2D eigenvalue weighted by Gasteiger charge is 1.75. The first-order chi connectivity index (χ1) is 2.27. The van der Waals surface area contributed by atoms with Crippen LogP contribution in [0.25, 0.3) is 0 Å². The van der Waals surface area contributed by atoms with Gasteiger partial charge in [0.05, 0.1) is 22.9 Å². The molecule has 0 radical (unpaired) electrons. The molecule has 0 unspecified atom stereocenters. The number of hydrogen-bond donors (Lipinski definition) is 2. The van der Waals surface area contributed by atoms with Gasteiger partial charge in [0, 0.05) is 0 Å². The van der Waals surface area contributed by atoms with E-state index in [0.717, 1.165) is 0 Å². The van der Waals surface area contributed by atoms with Gasteiger partial charge >= 0.3 is 7.46 Å². The van der Waals surface area contributed by atoms with Crippen LogP contribution in [-0.4, -0.2) is 6.03 Å². The van der Waals surface area contributed by atoms with Gasteiger partial charge in [-0.05, 0) is 0 Å². The average molecular weight is 187 g/mol. The van der Waals surface area contributed by atoms with E-state index >= 15 is 0 Å². The lowest BCUT2D eigenvalue weighted by Gasteiger charge is -1.77. The van der Waals surface area contributed by atoms with Crippen LogP contribution in [0.4, 0.5) is 4.79 Å². The number of carbonyl (C=O) groups is 1. The van der Waals surface area contributed by atoms with Crippen molar-refractivity contribution in [3.05, 3.63) is 0 Å². The number of primary amides is 1. The van der Waals surface area contributed by atoms with Crippen molar-refractivity contribution >= 4 is 28.9 Å².